The number of alkyl halides is 1. The van der Waals surface area contributed by atoms with Crippen LogP contribution in [0.4, 0.5) is 4.39 Å². The highest BCUT2D eigenvalue weighted by atomic mass is 28.4. The van der Waals surface area contributed by atoms with Gasteiger partial charge in [0.25, 0.3) is 0 Å². The molecule has 6 heteroatoms. The summed E-state index contributed by atoms with van der Waals surface area (Å²) in [6, 6.07) is 0. The Morgan fingerprint density at radius 3 is 2.50 bits per heavy atom. The van der Waals surface area contributed by atoms with E-state index in [2.05, 4.69) is 38.6 Å². The average molecular weight is 304 g/mol. The van der Waals surface area contributed by atoms with Gasteiger partial charge in [0.05, 0.1) is 31.3 Å². The highest BCUT2D eigenvalue weighted by molar-refractivity contribution is 6.74. The Bertz CT molecular complexity index is 393. The van der Waals surface area contributed by atoms with Gasteiger partial charge in [0.1, 0.15) is 0 Å². The molecule has 0 N–H and O–H groups in total. The fourth-order valence-corrected chi connectivity index (χ4v) is 3.95. The lowest BCUT2D eigenvalue weighted by Gasteiger charge is -2.40. The van der Waals surface area contributed by atoms with Gasteiger partial charge in [-0.2, -0.15) is 0 Å². The van der Waals surface area contributed by atoms with Crippen LogP contribution in [0.1, 0.15) is 27.2 Å². The number of methoxy groups -OCH3 is 1. The van der Waals surface area contributed by atoms with Crippen molar-refractivity contribution in [3.05, 3.63) is 0 Å². The standard InChI is InChI=1S/C14H25FO4Si/c1-14(2,3)20(5,6)19-8-7-9-12(18-9)10(8)11(15)13(16)17-4/h8-12H,7H2,1-6H3/t8-,9+,10?,11+,12+/m1/s1. The molecule has 0 aromatic carbocycles. The van der Waals surface area contributed by atoms with Crippen LogP contribution in [0.25, 0.3) is 0 Å². The van der Waals surface area contributed by atoms with E-state index in [4.69, 9.17) is 9.16 Å². The molecule has 116 valence electrons. The summed E-state index contributed by atoms with van der Waals surface area (Å²) < 4.78 is 30.5. The summed E-state index contributed by atoms with van der Waals surface area (Å²) in [5.41, 5.74) is 0. The number of hydrogen-bond donors (Lipinski definition) is 0. The third-order valence-corrected chi connectivity index (χ3v) is 9.42. The smallest absolute Gasteiger partial charge is 0.340 e. The van der Waals surface area contributed by atoms with E-state index in [1.807, 2.05) is 0 Å². The number of esters is 1. The van der Waals surface area contributed by atoms with Gasteiger partial charge in [-0.25, -0.2) is 9.18 Å². The molecule has 0 radical (unpaired) electrons. The fraction of sp³-hybridized carbons (Fsp3) is 0.929. The summed E-state index contributed by atoms with van der Waals surface area (Å²) in [7, 11) is -0.779. The summed E-state index contributed by atoms with van der Waals surface area (Å²) >= 11 is 0. The van der Waals surface area contributed by atoms with E-state index in [-0.39, 0.29) is 23.4 Å². The van der Waals surface area contributed by atoms with E-state index < -0.39 is 26.4 Å². The highest BCUT2D eigenvalue weighted by Crippen LogP contribution is 2.49. The zero-order valence-corrected chi connectivity index (χ0v) is 14.1. The predicted molar refractivity (Wildman–Crippen MR) is 75.8 cm³/mol. The number of epoxide rings is 1. The molecule has 0 amide bonds. The summed E-state index contributed by atoms with van der Waals surface area (Å²) in [6.07, 6.45) is -1.35. The van der Waals surface area contributed by atoms with Crippen LogP contribution in [-0.4, -0.2) is 45.9 Å². The van der Waals surface area contributed by atoms with Crippen molar-refractivity contribution in [3.63, 3.8) is 0 Å². The van der Waals surface area contributed by atoms with Gasteiger partial charge in [-0.3, -0.25) is 0 Å². The van der Waals surface area contributed by atoms with Gasteiger partial charge in [0, 0.05) is 6.42 Å². The average Bonchev–Trinajstić information content (AvgIpc) is 2.98. The van der Waals surface area contributed by atoms with E-state index in [0.29, 0.717) is 6.42 Å². The van der Waals surface area contributed by atoms with Crippen LogP contribution in [0.5, 0.6) is 0 Å². The number of carbonyl (C=O) groups excluding carboxylic acids is 1. The van der Waals surface area contributed by atoms with Crippen LogP contribution in [0.3, 0.4) is 0 Å². The first-order chi connectivity index (χ1) is 9.08. The molecule has 1 unspecified atom stereocenters. The largest absolute Gasteiger partial charge is 0.467 e. The molecule has 5 atom stereocenters. The van der Waals surface area contributed by atoms with Crippen LogP contribution >= 0.6 is 0 Å². The number of rotatable bonds is 4. The predicted octanol–water partition coefficient (Wildman–Crippen LogP) is 2.68. The van der Waals surface area contributed by atoms with Gasteiger partial charge < -0.3 is 13.9 Å². The zero-order chi connectivity index (χ0) is 15.3. The Balaban J connectivity index is 2.10. The third kappa shape index (κ3) is 2.78. The van der Waals surface area contributed by atoms with Crippen molar-refractivity contribution >= 4 is 14.3 Å². The monoisotopic (exact) mass is 304 g/mol. The van der Waals surface area contributed by atoms with Crippen molar-refractivity contribution < 1.29 is 23.1 Å². The number of halogens is 1. The third-order valence-electron chi connectivity index (χ3n) is 4.91. The maximum absolute atomic E-state index is 14.3. The lowest BCUT2D eigenvalue weighted by atomic mass is 9.99. The molecular weight excluding hydrogens is 279 g/mol. The van der Waals surface area contributed by atoms with Gasteiger partial charge >= 0.3 is 5.97 Å². The SMILES string of the molecule is COC(=O)[C@@H](F)C1[C@H]2O[C@H]2C[C@H]1O[Si](C)(C)C(C)(C)C. The summed E-state index contributed by atoms with van der Waals surface area (Å²) in [5.74, 6) is -1.35. The lowest BCUT2D eigenvalue weighted by Crippen LogP contribution is -2.48. The Kier molecular flexibility index (Phi) is 4.03. The second-order valence-corrected chi connectivity index (χ2v) is 12.1. The lowest BCUT2D eigenvalue weighted by molar-refractivity contribution is -0.151. The van der Waals surface area contributed by atoms with Gasteiger partial charge in [0.15, 0.2) is 8.32 Å². The second-order valence-electron chi connectivity index (χ2n) is 7.29. The van der Waals surface area contributed by atoms with Crippen LogP contribution in [0.2, 0.25) is 18.1 Å². The maximum Gasteiger partial charge on any atom is 0.340 e. The van der Waals surface area contributed by atoms with Crippen LogP contribution < -0.4 is 0 Å². The fourth-order valence-electron chi connectivity index (χ4n) is 2.59. The molecule has 0 bridgehead atoms. The molecule has 4 nitrogen and oxygen atoms in total. The Morgan fingerprint density at radius 2 is 2.00 bits per heavy atom. The van der Waals surface area contributed by atoms with E-state index >= 15 is 0 Å². The second kappa shape index (κ2) is 5.07. The Hall–Kier alpha value is -0.463. The van der Waals surface area contributed by atoms with Crippen molar-refractivity contribution in [2.45, 2.75) is 69.8 Å². The van der Waals surface area contributed by atoms with Gasteiger partial charge in [-0.15, -0.1) is 0 Å². The first kappa shape index (κ1) is 15.9. The Morgan fingerprint density at radius 1 is 1.40 bits per heavy atom. The van der Waals surface area contributed by atoms with Gasteiger partial charge in [-0.05, 0) is 18.1 Å². The first-order valence-corrected chi connectivity index (χ1v) is 10.0. The van der Waals surface area contributed by atoms with Crippen LogP contribution in [0.15, 0.2) is 0 Å². The van der Waals surface area contributed by atoms with Gasteiger partial charge in [0.2, 0.25) is 6.17 Å². The van der Waals surface area contributed by atoms with Crippen molar-refractivity contribution in [2.24, 2.45) is 5.92 Å². The molecule has 1 saturated carbocycles. The van der Waals surface area contributed by atoms with Crippen molar-refractivity contribution in [1.29, 1.82) is 0 Å². The normalized spacial score (nSPS) is 34.5. The minimum Gasteiger partial charge on any atom is -0.467 e. The maximum atomic E-state index is 14.3. The van der Waals surface area contributed by atoms with E-state index in [1.165, 1.54) is 7.11 Å². The van der Waals surface area contributed by atoms with Crippen molar-refractivity contribution in [1.82, 2.24) is 0 Å². The summed E-state index contributed by atoms with van der Waals surface area (Å²) in [5, 5.41) is 0.0578. The molecule has 2 aliphatic rings. The van der Waals surface area contributed by atoms with Crippen molar-refractivity contribution in [3.8, 4) is 0 Å². The van der Waals surface area contributed by atoms with E-state index in [1.54, 1.807) is 0 Å². The summed E-state index contributed by atoms with van der Waals surface area (Å²) in [6.45, 7) is 10.7. The number of hydrogen-bond acceptors (Lipinski definition) is 4. The van der Waals surface area contributed by atoms with E-state index in [9.17, 15) is 9.18 Å². The number of carbonyl (C=O) groups is 1. The van der Waals surface area contributed by atoms with Crippen LogP contribution in [-0.2, 0) is 18.7 Å². The van der Waals surface area contributed by atoms with Crippen LogP contribution in [0, 0.1) is 5.92 Å². The highest BCUT2D eigenvalue weighted by Gasteiger charge is 2.61. The molecule has 0 aromatic rings. The molecule has 20 heavy (non-hydrogen) atoms. The summed E-state index contributed by atoms with van der Waals surface area (Å²) in [4.78, 5) is 11.5. The molecule has 1 aliphatic carbocycles. The molecule has 1 heterocycles. The minimum absolute atomic E-state index is 0.0534. The van der Waals surface area contributed by atoms with Gasteiger partial charge in [-0.1, -0.05) is 20.8 Å². The van der Waals surface area contributed by atoms with E-state index in [0.717, 1.165) is 0 Å². The molecule has 2 rings (SSSR count). The molecule has 0 spiro atoms. The quantitative estimate of drug-likeness (QED) is 0.455. The molecule has 2 fully saturated rings. The number of ether oxygens (including phenoxy) is 2. The topological polar surface area (TPSA) is 48.1 Å². The minimum atomic E-state index is -1.99. The first-order valence-electron chi connectivity index (χ1n) is 7.13. The Labute approximate surface area is 121 Å². The molecule has 0 aromatic heterocycles. The molecule has 1 saturated heterocycles. The number of fused-ring (bicyclic) bond motifs is 1. The van der Waals surface area contributed by atoms with Crippen molar-refractivity contribution in [2.75, 3.05) is 7.11 Å². The zero-order valence-electron chi connectivity index (χ0n) is 13.1. The molecular formula is C14H25FO4Si. The molecule has 1 aliphatic heterocycles.